The summed E-state index contributed by atoms with van der Waals surface area (Å²) in [5.74, 6) is 6.64. The molecular weight excluding hydrogens is 240 g/mol. The average molecular weight is 251 g/mol. The van der Waals surface area contributed by atoms with Gasteiger partial charge in [-0.15, -0.1) is 0 Å². The first-order chi connectivity index (χ1) is 8.17. The van der Waals surface area contributed by atoms with Crippen LogP contribution < -0.4 is 16.0 Å². The minimum absolute atomic E-state index is 0.314. The van der Waals surface area contributed by atoms with Gasteiger partial charge in [-0.25, -0.2) is 10.8 Å². The highest BCUT2D eigenvalue weighted by atomic mass is 35.5. The van der Waals surface area contributed by atoms with Crippen LogP contribution in [-0.2, 0) is 0 Å². The van der Waals surface area contributed by atoms with E-state index in [1.165, 1.54) is 0 Å². The van der Waals surface area contributed by atoms with Gasteiger partial charge >= 0.3 is 0 Å². The first kappa shape index (κ1) is 11.6. The highest BCUT2D eigenvalue weighted by Gasteiger charge is 2.03. The maximum Gasteiger partial charge on any atom is 0.240 e. The maximum atomic E-state index is 5.78. The molecule has 0 saturated carbocycles. The number of nitrogens with zero attached hydrogens (tertiary/aromatic N) is 2. The fourth-order valence-corrected chi connectivity index (χ4v) is 1.41. The number of hydrogen-bond donors (Lipinski definition) is 2. The molecule has 1 aromatic heterocycles. The Labute approximate surface area is 104 Å². The number of nitrogens with one attached hydrogen (secondary N) is 1. The summed E-state index contributed by atoms with van der Waals surface area (Å²) < 4.78 is 5.55. The molecule has 1 heterocycles. The van der Waals surface area contributed by atoms with Crippen LogP contribution in [0.4, 0.5) is 5.95 Å². The second-order valence-electron chi connectivity index (χ2n) is 3.37. The van der Waals surface area contributed by atoms with Crippen LogP contribution in [0, 0.1) is 6.92 Å². The summed E-state index contributed by atoms with van der Waals surface area (Å²) in [6.45, 7) is 1.83. The lowest BCUT2D eigenvalue weighted by atomic mass is 10.3. The van der Waals surface area contributed by atoms with Gasteiger partial charge in [-0.1, -0.05) is 11.6 Å². The van der Waals surface area contributed by atoms with Crippen molar-refractivity contribution >= 4 is 17.5 Å². The van der Waals surface area contributed by atoms with Gasteiger partial charge < -0.3 is 4.74 Å². The molecule has 17 heavy (non-hydrogen) atoms. The van der Waals surface area contributed by atoms with E-state index in [-0.39, 0.29) is 0 Å². The van der Waals surface area contributed by atoms with Crippen LogP contribution in [0.25, 0.3) is 0 Å². The predicted molar refractivity (Wildman–Crippen MR) is 66.1 cm³/mol. The summed E-state index contributed by atoms with van der Waals surface area (Å²) in [6.07, 6.45) is 0. The molecular formula is C11H11ClN4O. The van der Waals surface area contributed by atoms with Crippen molar-refractivity contribution in [1.29, 1.82) is 0 Å². The Kier molecular flexibility index (Phi) is 3.41. The SMILES string of the molecule is Cc1cc(Oc2ccc(Cl)cc2)nc(NN)n1. The number of rotatable bonds is 3. The number of aryl methyl sites for hydroxylation is 1. The van der Waals surface area contributed by atoms with Gasteiger partial charge in [-0.05, 0) is 31.2 Å². The van der Waals surface area contributed by atoms with Crippen LogP contribution in [0.3, 0.4) is 0 Å². The van der Waals surface area contributed by atoms with Gasteiger partial charge in [-0.2, -0.15) is 4.98 Å². The van der Waals surface area contributed by atoms with Crippen molar-refractivity contribution < 1.29 is 4.74 Å². The van der Waals surface area contributed by atoms with Crippen LogP contribution >= 0.6 is 11.6 Å². The molecule has 3 N–H and O–H groups in total. The zero-order valence-corrected chi connectivity index (χ0v) is 9.90. The minimum Gasteiger partial charge on any atom is -0.439 e. The Bertz CT molecular complexity index is 515. The topological polar surface area (TPSA) is 73.1 Å². The molecule has 0 atom stereocenters. The average Bonchev–Trinajstić information content (AvgIpc) is 2.31. The number of hydrogen-bond acceptors (Lipinski definition) is 5. The van der Waals surface area contributed by atoms with Crippen molar-refractivity contribution in [2.24, 2.45) is 5.84 Å². The molecule has 0 unspecified atom stereocenters. The van der Waals surface area contributed by atoms with Crippen LogP contribution in [-0.4, -0.2) is 9.97 Å². The zero-order chi connectivity index (χ0) is 12.3. The van der Waals surface area contributed by atoms with Crippen molar-refractivity contribution in [1.82, 2.24) is 9.97 Å². The highest BCUT2D eigenvalue weighted by molar-refractivity contribution is 6.30. The Hall–Kier alpha value is -1.85. The Morgan fingerprint density at radius 3 is 2.59 bits per heavy atom. The van der Waals surface area contributed by atoms with Gasteiger partial charge in [0.1, 0.15) is 5.75 Å². The molecule has 0 fully saturated rings. The van der Waals surface area contributed by atoms with Gasteiger partial charge in [0, 0.05) is 16.8 Å². The molecule has 0 radical (unpaired) electrons. The molecule has 0 bridgehead atoms. The standard InChI is InChI=1S/C11H11ClN4O/c1-7-6-10(15-11(14-7)16-13)17-9-4-2-8(12)3-5-9/h2-6H,13H2,1H3,(H,14,15,16). The number of nitrogens with two attached hydrogens (primary N) is 1. The summed E-state index contributed by atoms with van der Waals surface area (Å²) in [5.41, 5.74) is 3.14. The van der Waals surface area contributed by atoms with Crippen molar-refractivity contribution in [3.05, 3.63) is 41.0 Å². The van der Waals surface area contributed by atoms with Crippen molar-refractivity contribution in [3.8, 4) is 11.6 Å². The summed E-state index contributed by atoms with van der Waals surface area (Å²) in [4.78, 5) is 8.13. The van der Waals surface area contributed by atoms with Crippen molar-refractivity contribution in [3.63, 3.8) is 0 Å². The quantitative estimate of drug-likeness (QED) is 0.647. The second-order valence-corrected chi connectivity index (χ2v) is 3.81. The molecule has 1 aromatic carbocycles. The summed E-state index contributed by atoms with van der Waals surface area (Å²) in [5, 5.41) is 0.653. The number of benzene rings is 1. The summed E-state index contributed by atoms with van der Waals surface area (Å²) in [7, 11) is 0. The van der Waals surface area contributed by atoms with E-state index >= 15 is 0 Å². The van der Waals surface area contributed by atoms with Gasteiger partial charge in [0.05, 0.1) is 0 Å². The molecule has 2 rings (SSSR count). The predicted octanol–water partition coefficient (Wildman–Crippen LogP) is 2.52. The molecule has 0 aliphatic carbocycles. The maximum absolute atomic E-state index is 5.78. The number of halogens is 1. The number of anilines is 1. The first-order valence-corrected chi connectivity index (χ1v) is 5.31. The van der Waals surface area contributed by atoms with E-state index in [4.69, 9.17) is 22.2 Å². The highest BCUT2D eigenvalue weighted by Crippen LogP contribution is 2.22. The summed E-state index contributed by atoms with van der Waals surface area (Å²) in [6, 6.07) is 8.72. The van der Waals surface area contributed by atoms with Gasteiger partial charge in [0.25, 0.3) is 0 Å². The van der Waals surface area contributed by atoms with E-state index < -0.39 is 0 Å². The van der Waals surface area contributed by atoms with E-state index in [1.807, 2.05) is 6.92 Å². The molecule has 0 saturated heterocycles. The van der Waals surface area contributed by atoms with Crippen LogP contribution in [0.2, 0.25) is 5.02 Å². The molecule has 0 spiro atoms. The Balaban J connectivity index is 2.23. The second kappa shape index (κ2) is 4.99. The van der Waals surface area contributed by atoms with Crippen molar-refractivity contribution in [2.75, 3.05) is 5.43 Å². The normalized spacial score (nSPS) is 10.1. The van der Waals surface area contributed by atoms with Crippen LogP contribution in [0.1, 0.15) is 5.69 Å². The fourth-order valence-electron chi connectivity index (χ4n) is 1.28. The van der Waals surface area contributed by atoms with E-state index in [0.717, 1.165) is 5.69 Å². The summed E-state index contributed by atoms with van der Waals surface area (Å²) >= 11 is 5.78. The molecule has 88 valence electrons. The third-order valence-electron chi connectivity index (χ3n) is 2.00. The third-order valence-corrected chi connectivity index (χ3v) is 2.25. The van der Waals surface area contributed by atoms with Gasteiger partial charge in [0.2, 0.25) is 11.8 Å². The monoisotopic (exact) mass is 250 g/mol. The number of nitrogen functional groups attached to an aromatic ring is 1. The molecule has 0 aliphatic heterocycles. The largest absolute Gasteiger partial charge is 0.439 e. The number of hydrazine groups is 1. The first-order valence-electron chi connectivity index (χ1n) is 4.93. The lowest BCUT2D eigenvalue weighted by Crippen LogP contribution is -2.11. The van der Waals surface area contributed by atoms with Gasteiger partial charge in [-0.3, -0.25) is 5.43 Å². The molecule has 0 aliphatic rings. The molecule has 2 aromatic rings. The lowest BCUT2D eigenvalue weighted by molar-refractivity contribution is 0.461. The zero-order valence-electron chi connectivity index (χ0n) is 9.14. The smallest absolute Gasteiger partial charge is 0.240 e. The Morgan fingerprint density at radius 1 is 1.24 bits per heavy atom. The van der Waals surface area contributed by atoms with E-state index in [0.29, 0.717) is 22.6 Å². The third kappa shape index (κ3) is 3.05. The molecule has 5 nitrogen and oxygen atoms in total. The van der Waals surface area contributed by atoms with Crippen LogP contribution in [0.15, 0.2) is 30.3 Å². The molecule has 6 heteroatoms. The van der Waals surface area contributed by atoms with E-state index in [9.17, 15) is 0 Å². The van der Waals surface area contributed by atoms with Crippen LogP contribution in [0.5, 0.6) is 11.6 Å². The molecule has 0 amide bonds. The number of ether oxygens (including phenoxy) is 1. The Morgan fingerprint density at radius 2 is 1.94 bits per heavy atom. The fraction of sp³-hybridized carbons (Fsp3) is 0.0909. The lowest BCUT2D eigenvalue weighted by Gasteiger charge is -2.07. The van der Waals surface area contributed by atoms with E-state index in [1.54, 1.807) is 30.3 Å². The van der Waals surface area contributed by atoms with Crippen molar-refractivity contribution in [2.45, 2.75) is 6.92 Å². The van der Waals surface area contributed by atoms with Gasteiger partial charge in [0.15, 0.2) is 0 Å². The van der Waals surface area contributed by atoms with E-state index in [2.05, 4.69) is 15.4 Å². The minimum atomic E-state index is 0.314. The number of aromatic nitrogens is 2.